The molecule has 0 aliphatic carbocycles. The van der Waals surface area contributed by atoms with Crippen molar-refractivity contribution in [1.29, 1.82) is 0 Å². The number of amides is 1. The van der Waals surface area contributed by atoms with Gasteiger partial charge in [0.2, 0.25) is 0 Å². The number of likely N-dealkylation sites (N-methyl/N-ethyl adjacent to an activating group) is 1. The number of aromatic nitrogens is 1. The SMILES string of the molecule is CN1CCN(C(=O)n2ccc3ccccc3c2=O)CC1. The van der Waals surface area contributed by atoms with E-state index in [4.69, 9.17) is 0 Å². The fourth-order valence-corrected chi connectivity index (χ4v) is 2.49. The summed E-state index contributed by atoms with van der Waals surface area (Å²) >= 11 is 0. The highest BCUT2D eigenvalue weighted by atomic mass is 16.2. The van der Waals surface area contributed by atoms with Gasteiger partial charge in [0.15, 0.2) is 0 Å². The Kier molecular flexibility index (Phi) is 3.28. The normalized spacial score (nSPS) is 16.6. The predicted molar refractivity (Wildman–Crippen MR) is 78.1 cm³/mol. The van der Waals surface area contributed by atoms with Gasteiger partial charge in [-0.15, -0.1) is 0 Å². The molecule has 5 nitrogen and oxygen atoms in total. The molecule has 1 aliphatic heterocycles. The molecule has 1 aliphatic rings. The van der Waals surface area contributed by atoms with Gasteiger partial charge in [0.05, 0.1) is 0 Å². The van der Waals surface area contributed by atoms with Gasteiger partial charge in [0.25, 0.3) is 5.56 Å². The number of hydrogen-bond acceptors (Lipinski definition) is 3. The van der Waals surface area contributed by atoms with Crippen molar-refractivity contribution in [2.24, 2.45) is 0 Å². The van der Waals surface area contributed by atoms with Gasteiger partial charge in [-0.1, -0.05) is 18.2 Å². The molecule has 0 bridgehead atoms. The minimum Gasteiger partial charge on any atom is -0.321 e. The number of nitrogens with zero attached hydrogens (tertiary/aromatic N) is 3. The van der Waals surface area contributed by atoms with Gasteiger partial charge in [0.1, 0.15) is 0 Å². The molecule has 20 heavy (non-hydrogen) atoms. The molecule has 5 heteroatoms. The molecule has 104 valence electrons. The van der Waals surface area contributed by atoms with E-state index >= 15 is 0 Å². The molecule has 1 aromatic carbocycles. The first-order chi connectivity index (χ1) is 9.66. The summed E-state index contributed by atoms with van der Waals surface area (Å²) in [6.45, 7) is 3.01. The lowest BCUT2D eigenvalue weighted by atomic mass is 10.2. The summed E-state index contributed by atoms with van der Waals surface area (Å²) in [6.07, 6.45) is 1.57. The molecule has 0 spiro atoms. The second kappa shape index (κ2) is 5.09. The molecule has 1 amide bonds. The van der Waals surface area contributed by atoms with Crippen molar-refractivity contribution in [2.45, 2.75) is 0 Å². The van der Waals surface area contributed by atoms with E-state index < -0.39 is 0 Å². The van der Waals surface area contributed by atoms with E-state index in [1.54, 1.807) is 17.2 Å². The van der Waals surface area contributed by atoms with Crippen LogP contribution in [-0.2, 0) is 0 Å². The smallest absolute Gasteiger partial charge is 0.321 e. The second-order valence-corrected chi connectivity index (χ2v) is 5.15. The van der Waals surface area contributed by atoms with Crippen LogP contribution in [0.2, 0.25) is 0 Å². The Bertz CT molecular complexity index is 700. The molecule has 0 radical (unpaired) electrons. The number of hydrogen-bond donors (Lipinski definition) is 0. The van der Waals surface area contributed by atoms with Gasteiger partial charge in [0, 0.05) is 37.8 Å². The molecule has 1 fully saturated rings. The molecule has 0 saturated carbocycles. The highest BCUT2D eigenvalue weighted by Gasteiger charge is 2.21. The Morgan fingerprint density at radius 2 is 1.75 bits per heavy atom. The summed E-state index contributed by atoms with van der Waals surface area (Å²) in [5, 5.41) is 1.44. The average Bonchev–Trinajstić information content (AvgIpc) is 2.48. The number of fused-ring (bicyclic) bond motifs is 1. The molecule has 2 aromatic rings. The number of carbonyl (C=O) groups excluding carboxylic acids is 1. The van der Waals surface area contributed by atoms with Gasteiger partial charge in [-0.25, -0.2) is 9.36 Å². The zero-order valence-electron chi connectivity index (χ0n) is 11.5. The number of piperazine rings is 1. The average molecular weight is 271 g/mol. The summed E-state index contributed by atoms with van der Waals surface area (Å²) < 4.78 is 1.22. The quantitative estimate of drug-likeness (QED) is 0.723. The first-order valence-corrected chi connectivity index (χ1v) is 6.75. The maximum atomic E-state index is 12.4. The van der Waals surface area contributed by atoms with Crippen molar-refractivity contribution in [3.63, 3.8) is 0 Å². The van der Waals surface area contributed by atoms with Crippen LogP contribution in [0.4, 0.5) is 4.79 Å². The van der Waals surface area contributed by atoms with Crippen LogP contribution in [0.5, 0.6) is 0 Å². The monoisotopic (exact) mass is 271 g/mol. The zero-order valence-corrected chi connectivity index (χ0v) is 11.5. The summed E-state index contributed by atoms with van der Waals surface area (Å²) in [7, 11) is 2.03. The second-order valence-electron chi connectivity index (χ2n) is 5.15. The van der Waals surface area contributed by atoms with Crippen LogP contribution in [0.1, 0.15) is 0 Å². The lowest BCUT2D eigenvalue weighted by Crippen LogP contribution is -2.50. The van der Waals surface area contributed by atoms with E-state index in [1.807, 2.05) is 31.3 Å². The standard InChI is InChI=1S/C15H17N3O2/c1-16-8-10-17(11-9-16)15(20)18-7-6-12-4-2-3-5-13(12)14(18)19/h2-7H,8-11H2,1H3. The van der Waals surface area contributed by atoms with Crippen molar-refractivity contribution >= 4 is 16.8 Å². The first kappa shape index (κ1) is 12.9. The predicted octanol–water partition coefficient (Wildman–Crippen LogP) is 1.22. The van der Waals surface area contributed by atoms with Crippen molar-refractivity contribution < 1.29 is 4.79 Å². The van der Waals surface area contributed by atoms with Crippen LogP contribution in [0.3, 0.4) is 0 Å². The summed E-state index contributed by atoms with van der Waals surface area (Å²) in [5.74, 6) is 0. The zero-order chi connectivity index (χ0) is 14.1. The molecular weight excluding hydrogens is 254 g/mol. The van der Waals surface area contributed by atoms with E-state index in [9.17, 15) is 9.59 Å². The van der Waals surface area contributed by atoms with Crippen LogP contribution in [0, 0.1) is 0 Å². The van der Waals surface area contributed by atoms with Crippen molar-refractivity contribution in [3.05, 3.63) is 46.9 Å². The number of carbonyl (C=O) groups is 1. The van der Waals surface area contributed by atoms with Crippen molar-refractivity contribution in [1.82, 2.24) is 14.4 Å². The Morgan fingerprint density at radius 1 is 1.05 bits per heavy atom. The summed E-state index contributed by atoms with van der Waals surface area (Å²) in [5.41, 5.74) is -0.243. The summed E-state index contributed by atoms with van der Waals surface area (Å²) in [4.78, 5) is 28.7. The third kappa shape index (κ3) is 2.20. The van der Waals surface area contributed by atoms with Gasteiger partial charge in [-0.3, -0.25) is 4.79 Å². The molecule has 0 N–H and O–H groups in total. The molecule has 2 heterocycles. The Labute approximate surface area is 117 Å². The number of rotatable bonds is 0. The molecule has 0 atom stereocenters. The molecule has 3 rings (SSSR count). The molecular formula is C15H17N3O2. The maximum Gasteiger partial charge on any atom is 0.331 e. The number of benzene rings is 1. The van der Waals surface area contributed by atoms with Crippen LogP contribution >= 0.6 is 0 Å². The third-order valence-electron chi connectivity index (χ3n) is 3.79. The van der Waals surface area contributed by atoms with E-state index in [0.29, 0.717) is 18.5 Å². The first-order valence-electron chi connectivity index (χ1n) is 6.75. The van der Waals surface area contributed by atoms with Gasteiger partial charge >= 0.3 is 6.03 Å². The Morgan fingerprint density at radius 3 is 2.50 bits per heavy atom. The Balaban J connectivity index is 1.96. The van der Waals surface area contributed by atoms with Gasteiger partial charge in [-0.05, 0) is 24.6 Å². The van der Waals surface area contributed by atoms with Crippen molar-refractivity contribution in [3.8, 4) is 0 Å². The Hall–Kier alpha value is -2.14. The van der Waals surface area contributed by atoms with Crippen LogP contribution < -0.4 is 5.56 Å². The fraction of sp³-hybridized carbons (Fsp3) is 0.333. The van der Waals surface area contributed by atoms with Crippen LogP contribution in [0.15, 0.2) is 41.3 Å². The third-order valence-corrected chi connectivity index (χ3v) is 3.79. The minimum absolute atomic E-state index is 0.228. The van der Waals surface area contributed by atoms with E-state index in [2.05, 4.69) is 4.90 Å². The van der Waals surface area contributed by atoms with Gasteiger partial charge in [-0.2, -0.15) is 0 Å². The van der Waals surface area contributed by atoms with Crippen molar-refractivity contribution in [2.75, 3.05) is 33.2 Å². The van der Waals surface area contributed by atoms with E-state index in [1.165, 1.54) is 4.57 Å². The minimum atomic E-state index is -0.243. The van der Waals surface area contributed by atoms with E-state index in [-0.39, 0.29) is 11.6 Å². The molecule has 1 aromatic heterocycles. The highest BCUT2D eigenvalue weighted by Crippen LogP contribution is 2.09. The largest absolute Gasteiger partial charge is 0.331 e. The highest BCUT2D eigenvalue weighted by molar-refractivity contribution is 5.85. The topological polar surface area (TPSA) is 45.5 Å². The van der Waals surface area contributed by atoms with E-state index in [0.717, 1.165) is 18.5 Å². The lowest BCUT2D eigenvalue weighted by molar-refractivity contribution is 0.155. The van der Waals surface area contributed by atoms with Gasteiger partial charge < -0.3 is 9.80 Å². The van der Waals surface area contributed by atoms with Crippen LogP contribution in [-0.4, -0.2) is 53.6 Å². The summed E-state index contributed by atoms with van der Waals surface area (Å²) in [6, 6.07) is 8.91. The number of pyridine rings is 1. The molecule has 1 saturated heterocycles. The lowest BCUT2D eigenvalue weighted by Gasteiger charge is -2.32. The van der Waals surface area contributed by atoms with Crippen LogP contribution in [0.25, 0.3) is 10.8 Å². The fourth-order valence-electron chi connectivity index (χ4n) is 2.49. The molecule has 0 unspecified atom stereocenters. The maximum absolute atomic E-state index is 12.4.